The molecule has 0 spiro atoms. The maximum Gasteiger partial charge on any atom is 0.249 e. The number of hydrogen-bond donors (Lipinski definition) is 0. The first-order chi connectivity index (χ1) is 16.6. The lowest BCUT2D eigenvalue weighted by molar-refractivity contribution is -0.143. The molecule has 4 rings (SSSR count). The van der Waals surface area contributed by atoms with Crippen LogP contribution in [0.4, 0.5) is 5.69 Å². The zero-order valence-corrected chi connectivity index (χ0v) is 20.4. The Kier molecular flexibility index (Phi) is 8.29. The molecule has 0 aliphatic carbocycles. The Balaban J connectivity index is 1.74. The summed E-state index contributed by atoms with van der Waals surface area (Å²) in [6.45, 7) is 4.82. The highest BCUT2D eigenvalue weighted by Crippen LogP contribution is 2.31. The number of fused-ring (bicyclic) bond motifs is 3. The number of ether oxygens (including phenoxy) is 1. The highest BCUT2D eigenvalue weighted by Gasteiger charge is 2.36. The molecule has 0 saturated carbocycles. The minimum Gasteiger partial charge on any atom is -0.375 e. The van der Waals surface area contributed by atoms with Gasteiger partial charge in [0.1, 0.15) is 6.61 Å². The second kappa shape index (κ2) is 11.6. The van der Waals surface area contributed by atoms with Crippen molar-refractivity contribution in [2.24, 2.45) is 0 Å². The molecule has 1 saturated heterocycles. The maximum atomic E-state index is 13.2. The van der Waals surface area contributed by atoms with E-state index in [0.29, 0.717) is 19.5 Å². The average Bonchev–Trinajstić information content (AvgIpc) is 2.86. The molecule has 1 aromatic carbocycles. The van der Waals surface area contributed by atoms with Gasteiger partial charge in [0.25, 0.3) is 0 Å². The summed E-state index contributed by atoms with van der Waals surface area (Å²) in [6.07, 6.45) is 7.95. The van der Waals surface area contributed by atoms with E-state index in [1.54, 1.807) is 13.3 Å². The van der Waals surface area contributed by atoms with Crippen LogP contribution in [0.25, 0.3) is 0 Å². The van der Waals surface area contributed by atoms with Crippen molar-refractivity contribution in [1.29, 1.82) is 0 Å². The molecule has 0 N–H and O–H groups in total. The fraction of sp³-hybridized carbons (Fsp3) is 0.519. The van der Waals surface area contributed by atoms with E-state index in [9.17, 15) is 9.59 Å². The number of para-hydroxylation sites is 1. The first-order valence-corrected chi connectivity index (χ1v) is 12.4. The number of hydrogen-bond acceptors (Lipinski definition) is 5. The average molecular weight is 465 g/mol. The lowest BCUT2D eigenvalue weighted by Gasteiger charge is -2.44. The molecule has 2 atom stereocenters. The zero-order valence-electron chi connectivity index (χ0n) is 20.4. The van der Waals surface area contributed by atoms with Crippen LogP contribution in [0, 0.1) is 0 Å². The topological polar surface area (TPSA) is 66.0 Å². The molecule has 2 unspecified atom stereocenters. The summed E-state index contributed by atoms with van der Waals surface area (Å²) in [5.41, 5.74) is 3.26. The summed E-state index contributed by atoms with van der Waals surface area (Å²) in [5.74, 6) is 0.163. The van der Waals surface area contributed by atoms with Crippen LogP contribution in [-0.4, -0.2) is 65.5 Å². The largest absolute Gasteiger partial charge is 0.375 e. The summed E-state index contributed by atoms with van der Waals surface area (Å²) in [7, 11) is 1.58. The molecule has 2 aliphatic heterocycles. The molecule has 2 bridgehead atoms. The van der Waals surface area contributed by atoms with E-state index in [0.717, 1.165) is 55.6 Å². The molecule has 34 heavy (non-hydrogen) atoms. The number of anilines is 1. The first kappa shape index (κ1) is 24.4. The van der Waals surface area contributed by atoms with Gasteiger partial charge < -0.3 is 14.5 Å². The summed E-state index contributed by atoms with van der Waals surface area (Å²) < 4.78 is 5.25. The first-order valence-electron chi connectivity index (χ1n) is 12.4. The summed E-state index contributed by atoms with van der Waals surface area (Å²) in [5, 5.41) is 0. The molecule has 2 aromatic rings. The Hall–Kier alpha value is -2.77. The van der Waals surface area contributed by atoms with Gasteiger partial charge in [-0.25, -0.2) is 0 Å². The van der Waals surface area contributed by atoms with E-state index in [1.165, 1.54) is 0 Å². The number of carbonyl (C=O) groups is 2. The Bertz CT molecular complexity index is 967. The molecule has 3 heterocycles. The van der Waals surface area contributed by atoms with Gasteiger partial charge in [0.15, 0.2) is 0 Å². The molecular weight excluding hydrogens is 428 g/mol. The van der Waals surface area contributed by atoms with Gasteiger partial charge in [0.2, 0.25) is 11.8 Å². The minimum atomic E-state index is 0.0451. The second-order valence-corrected chi connectivity index (χ2v) is 9.32. The smallest absolute Gasteiger partial charge is 0.249 e. The minimum absolute atomic E-state index is 0.0451. The molecule has 1 fully saturated rings. The van der Waals surface area contributed by atoms with E-state index in [-0.39, 0.29) is 30.5 Å². The van der Waals surface area contributed by atoms with Gasteiger partial charge in [0, 0.05) is 69.9 Å². The van der Waals surface area contributed by atoms with Crippen molar-refractivity contribution in [2.75, 3.05) is 31.7 Å². The van der Waals surface area contributed by atoms with Crippen molar-refractivity contribution < 1.29 is 14.3 Å². The van der Waals surface area contributed by atoms with Crippen molar-refractivity contribution in [1.82, 2.24) is 14.8 Å². The lowest BCUT2D eigenvalue weighted by Crippen LogP contribution is -2.55. The van der Waals surface area contributed by atoms with Crippen molar-refractivity contribution in [3.05, 3.63) is 59.9 Å². The van der Waals surface area contributed by atoms with Gasteiger partial charge in [-0.15, -0.1) is 0 Å². The number of rotatable bonds is 5. The normalized spacial score (nSPS) is 21.5. The molecule has 7 nitrogen and oxygen atoms in total. The molecular formula is C27H36N4O3. The van der Waals surface area contributed by atoms with Gasteiger partial charge in [0.05, 0.1) is 0 Å². The molecule has 2 aliphatic rings. The summed E-state index contributed by atoms with van der Waals surface area (Å²) in [4.78, 5) is 37.0. The number of methoxy groups -OCH3 is 1. The van der Waals surface area contributed by atoms with E-state index < -0.39 is 0 Å². The second-order valence-electron chi connectivity index (χ2n) is 9.32. The summed E-state index contributed by atoms with van der Waals surface area (Å²) in [6, 6.07) is 12.5. The van der Waals surface area contributed by atoms with Gasteiger partial charge in [-0.1, -0.05) is 31.2 Å². The number of amides is 2. The van der Waals surface area contributed by atoms with Crippen molar-refractivity contribution >= 4 is 17.5 Å². The van der Waals surface area contributed by atoms with Crippen LogP contribution in [0.1, 0.15) is 50.2 Å². The third kappa shape index (κ3) is 5.65. The van der Waals surface area contributed by atoms with Crippen molar-refractivity contribution in [3.63, 3.8) is 0 Å². The lowest BCUT2D eigenvalue weighted by atomic mass is 9.92. The number of pyridine rings is 1. The van der Waals surface area contributed by atoms with Crippen LogP contribution in [0.15, 0.2) is 48.8 Å². The predicted octanol–water partition coefficient (Wildman–Crippen LogP) is 3.63. The van der Waals surface area contributed by atoms with E-state index in [1.807, 2.05) is 36.2 Å². The number of piperidine rings is 1. The highest BCUT2D eigenvalue weighted by atomic mass is 16.5. The predicted molar refractivity (Wildman–Crippen MR) is 132 cm³/mol. The van der Waals surface area contributed by atoms with Gasteiger partial charge in [-0.3, -0.25) is 19.5 Å². The number of aromatic nitrogens is 1. The summed E-state index contributed by atoms with van der Waals surface area (Å²) >= 11 is 0. The maximum absolute atomic E-state index is 13.2. The molecule has 7 heteroatoms. The molecule has 2 amide bonds. The standard InChI is InChI=1S/C27H36N4O3/c1-3-26(32)30-15-13-23-10-6-11-24(31(23)27(33)20-34-2)19-29(17-21-8-7-14-28-16-21)18-22-9-4-5-12-25(22)30/h4-5,7-9,12,14,16,23-24H,3,6,10-11,13,15,17-20H2,1-2H3. The van der Waals surface area contributed by atoms with Crippen molar-refractivity contribution in [3.8, 4) is 0 Å². The molecule has 182 valence electrons. The highest BCUT2D eigenvalue weighted by molar-refractivity contribution is 5.94. The Morgan fingerprint density at radius 3 is 2.65 bits per heavy atom. The number of benzene rings is 1. The van der Waals surface area contributed by atoms with E-state index in [2.05, 4.69) is 33.0 Å². The quantitative estimate of drug-likeness (QED) is 0.676. The van der Waals surface area contributed by atoms with Crippen LogP contribution in [-0.2, 0) is 27.4 Å². The van der Waals surface area contributed by atoms with E-state index in [4.69, 9.17) is 4.74 Å². The van der Waals surface area contributed by atoms with E-state index >= 15 is 0 Å². The van der Waals surface area contributed by atoms with Crippen LogP contribution < -0.4 is 4.90 Å². The van der Waals surface area contributed by atoms with Gasteiger partial charge >= 0.3 is 0 Å². The number of carbonyl (C=O) groups excluding carboxylic acids is 2. The Morgan fingerprint density at radius 1 is 1.06 bits per heavy atom. The van der Waals surface area contributed by atoms with Gasteiger partial charge in [-0.2, -0.15) is 0 Å². The van der Waals surface area contributed by atoms with Crippen LogP contribution in [0.3, 0.4) is 0 Å². The molecule has 0 radical (unpaired) electrons. The van der Waals surface area contributed by atoms with Gasteiger partial charge in [-0.05, 0) is 48.9 Å². The van der Waals surface area contributed by atoms with Crippen LogP contribution in [0.2, 0.25) is 0 Å². The fourth-order valence-electron chi connectivity index (χ4n) is 5.46. The van der Waals surface area contributed by atoms with Crippen LogP contribution in [0.5, 0.6) is 0 Å². The Morgan fingerprint density at radius 2 is 1.88 bits per heavy atom. The fourth-order valence-corrected chi connectivity index (χ4v) is 5.46. The SMILES string of the molecule is CCC(=O)N1CCC2CCCC(CN(Cc3cccnc3)Cc3ccccc31)N2C(=O)COC. The third-order valence-electron chi connectivity index (χ3n) is 6.98. The third-order valence-corrected chi connectivity index (χ3v) is 6.98. The number of nitrogens with zero attached hydrogens (tertiary/aromatic N) is 4. The Labute approximate surface area is 202 Å². The monoisotopic (exact) mass is 464 g/mol. The zero-order chi connectivity index (χ0) is 23.9. The van der Waals surface area contributed by atoms with Crippen molar-refractivity contribution in [2.45, 2.75) is 64.2 Å². The van der Waals surface area contributed by atoms with Crippen LogP contribution >= 0.6 is 0 Å². The molecule has 1 aromatic heterocycles.